The van der Waals surface area contributed by atoms with Crippen LogP contribution in [0.3, 0.4) is 0 Å². The standard InChI is InChI=1S/C14H13N7O/c1-9-5-12(22-19-9)18-13-14-16-7-11(21(14)4-3-15-13)10-6-17-20(2)8-10/h3-8H,1-2H3,(H,15,18). The molecule has 4 rings (SSSR count). The second kappa shape index (κ2) is 4.69. The summed E-state index contributed by atoms with van der Waals surface area (Å²) in [5, 5.41) is 11.1. The second-order valence-electron chi connectivity index (χ2n) is 4.97. The van der Waals surface area contributed by atoms with E-state index < -0.39 is 0 Å². The maximum Gasteiger partial charge on any atom is 0.230 e. The van der Waals surface area contributed by atoms with E-state index in [1.54, 1.807) is 29.3 Å². The largest absolute Gasteiger partial charge is 0.338 e. The van der Waals surface area contributed by atoms with Gasteiger partial charge in [0.2, 0.25) is 5.88 Å². The van der Waals surface area contributed by atoms with Gasteiger partial charge in [0.15, 0.2) is 11.5 Å². The number of hydrogen-bond acceptors (Lipinski definition) is 6. The van der Waals surface area contributed by atoms with Crippen LogP contribution in [0.2, 0.25) is 0 Å². The molecule has 0 spiro atoms. The summed E-state index contributed by atoms with van der Waals surface area (Å²) in [6, 6.07) is 1.80. The highest BCUT2D eigenvalue weighted by Crippen LogP contribution is 2.24. The van der Waals surface area contributed by atoms with Crippen molar-refractivity contribution in [1.29, 1.82) is 0 Å². The first-order valence-corrected chi connectivity index (χ1v) is 6.72. The number of nitrogens with zero attached hydrogens (tertiary/aromatic N) is 6. The Labute approximate surface area is 125 Å². The third-order valence-corrected chi connectivity index (χ3v) is 3.30. The molecule has 0 unspecified atom stereocenters. The summed E-state index contributed by atoms with van der Waals surface area (Å²) in [5.41, 5.74) is 3.44. The van der Waals surface area contributed by atoms with Gasteiger partial charge < -0.3 is 9.84 Å². The molecule has 8 nitrogen and oxygen atoms in total. The van der Waals surface area contributed by atoms with Crippen molar-refractivity contribution in [1.82, 2.24) is 29.3 Å². The maximum atomic E-state index is 5.16. The van der Waals surface area contributed by atoms with Crippen molar-refractivity contribution in [3.05, 3.63) is 42.7 Å². The van der Waals surface area contributed by atoms with E-state index in [4.69, 9.17) is 4.52 Å². The summed E-state index contributed by atoms with van der Waals surface area (Å²) < 4.78 is 8.87. The quantitative estimate of drug-likeness (QED) is 0.623. The van der Waals surface area contributed by atoms with E-state index in [2.05, 4.69) is 25.5 Å². The zero-order valence-corrected chi connectivity index (χ0v) is 12.1. The number of rotatable bonds is 3. The van der Waals surface area contributed by atoms with Crippen molar-refractivity contribution >= 4 is 17.3 Å². The van der Waals surface area contributed by atoms with Crippen LogP contribution in [-0.4, -0.2) is 29.3 Å². The first-order valence-electron chi connectivity index (χ1n) is 6.72. The molecule has 4 aromatic rings. The molecule has 0 bridgehead atoms. The number of aryl methyl sites for hydroxylation is 2. The Bertz CT molecular complexity index is 949. The van der Waals surface area contributed by atoms with Crippen molar-refractivity contribution in [3.8, 4) is 11.3 Å². The molecular formula is C14H13N7O. The van der Waals surface area contributed by atoms with Crippen LogP contribution in [-0.2, 0) is 7.05 Å². The summed E-state index contributed by atoms with van der Waals surface area (Å²) in [4.78, 5) is 8.77. The molecule has 4 heterocycles. The molecule has 0 fully saturated rings. The molecule has 22 heavy (non-hydrogen) atoms. The van der Waals surface area contributed by atoms with E-state index in [9.17, 15) is 0 Å². The fourth-order valence-electron chi connectivity index (χ4n) is 2.31. The molecule has 0 aliphatic heterocycles. The van der Waals surface area contributed by atoms with Crippen LogP contribution >= 0.6 is 0 Å². The van der Waals surface area contributed by atoms with Gasteiger partial charge in [-0.25, -0.2) is 9.97 Å². The van der Waals surface area contributed by atoms with Crippen molar-refractivity contribution < 1.29 is 4.52 Å². The molecule has 1 N–H and O–H groups in total. The third-order valence-electron chi connectivity index (χ3n) is 3.30. The van der Waals surface area contributed by atoms with E-state index in [0.29, 0.717) is 17.3 Å². The first-order chi connectivity index (χ1) is 10.7. The lowest BCUT2D eigenvalue weighted by Crippen LogP contribution is -1.97. The summed E-state index contributed by atoms with van der Waals surface area (Å²) in [6.45, 7) is 1.86. The summed E-state index contributed by atoms with van der Waals surface area (Å²) >= 11 is 0. The van der Waals surface area contributed by atoms with Gasteiger partial charge in [0.25, 0.3) is 0 Å². The Morgan fingerprint density at radius 2 is 2.14 bits per heavy atom. The minimum absolute atomic E-state index is 0.532. The fourth-order valence-corrected chi connectivity index (χ4v) is 2.31. The lowest BCUT2D eigenvalue weighted by Gasteiger charge is -2.04. The molecular weight excluding hydrogens is 282 g/mol. The molecule has 0 atom stereocenters. The molecule has 0 saturated carbocycles. The molecule has 0 aliphatic rings. The van der Waals surface area contributed by atoms with Crippen LogP contribution in [0.15, 0.2) is 41.6 Å². The van der Waals surface area contributed by atoms with Gasteiger partial charge in [-0.15, -0.1) is 0 Å². The first kappa shape index (κ1) is 12.6. The fraction of sp³-hybridized carbons (Fsp3) is 0.143. The molecule has 110 valence electrons. The molecule has 0 aliphatic carbocycles. The average Bonchev–Trinajstić information content (AvgIpc) is 3.19. The zero-order valence-electron chi connectivity index (χ0n) is 12.1. The number of aromatic nitrogens is 6. The number of nitrogens with one attached hydrogen (secondary N) is 1. The average molecular weight is 295 g/mol. The Morgan fingerprint density at radius 1 is 1.23 bits per heavy atom. The molecule has 0 amide bonds. The Hall–Kier alpha value is -3.16. The summed E-state index contributed by atoms with van der Waals surface area (Å²) in [5.74, 6) is 1.14. The van der Waals surface area contributed by atoms with Crippen molar-refractivity contribution in [2.24, 2.45) is 7.05 Å². The van der Waals surface area contributed by atoms with Crippen molar-refractivity contribution in [3.63, 3.8) is 0 Å². The molecule has 0 saturated heterocycles. The maximum absolute atomic E-state index is 5.16. The lowest BCUT2D eigenvalue weighted by atomic mass is 10.3. The highest BCUT2D eigenvalue weighted by atomic mass is 16.5. The van der Waals surface area contributed by atoms with Gasteiger partial charge in [-0.2, -0.15) is 5.10 Å². The normalized spacial score (nSPS) is 11.2. The van der Waals surface area contributed by atoms with Gasteiger partial charge in [-0.05, 0) is 6.92 Å². The van der Waals surface area contributed by atoms with Gasteiger partial charge in [0.1, 0.15) is 0 Å². The van der Waals surface area contributed by atoms with E-state index in [1.165, 1.54) is 0 Å². The van der Waals surface area contributed by atoms with Gasteiger partial charge in [0.05, 0.1) is 23.8 Å². The van der Waals surface area contributed by atoms with Gasteiger partial charge in [0, 0.05) is 37.3 Å². The Balaban J connectivity index is 1.79. The Kier molecular flexibility index (Phi) is 2.68. The second-order valence-corrected chi connectivity index (χ2v) is 4.97. The van der Waals surface area contributed by atoms with Crippen LogP contribution in [0.25, 0.3) is 16.9 Å². The van der Waals surface area contributed by atoms with Crippen molar-refractivity contribution in [2.45, 2.75) is 6.92 Å². The minimum Gasteiger partial charge on any atom is -0.338 e. The number of hydrogen-bond donors (Lipinski definition) is 1. The number of fused-ring (bicyclic) bond motifs is 1. The van der Waals surface area contributed by atoms with E-state index in [1.807, 2.05) is 30.8 Å². The Morgan fingerprint density at radius 3 is 2.86 bits per heavy atom. The SMILES string of the molecule is Cc1cc(Nc2nccn3c(-c4cnn(C)c4)cnc23)on1. The molecule has 4 aromatic heterocycles. The van der Waals surface area contributed by atoms with Gasteiger partial charge in [-0.3, -0.25) is 9.08 Å². The summed E-state index contributed by atoms with van der Waals surface area (Å²) in [7, 11) is 1.88. The molecule has 8 heteroatoms. The number of imidazole rings is 1. The number of anilines is 2. The van der Waals surface area contributed by atoms with E-state index in [-0.39, 0.29) is 0 Å². The zero-order chi connectivity index (χ0) is 15.1. The van der Waals surface area contributed by atoms with Crippen LogP contribution in [0.1, 0.15) is 5.69 Å². The minimum atomic E-state index is 0.532. The van der Waals surface area contributed by atoms with E-state index >= 15 is 0 Å². The van der Waals surface area contributed by atoms with Gasteiger partial charge >= 0.3 is 0 Å². The summed E-state index contributed by atoms with van der Waals surface area (Å²) in [6.07, 6.45) is 9.11. The van der Waals surface area contributed by atoms with Crippen LogP contribution in [0.4, 0.5) is 11.7 Å². The van der Waals surface area contributed by atoms with Crippen LogP contribution in [0, 0.1) is 6.92 Å². The predicted octanol–water partition coefficient (Wildman–Crippen LogP) is 2.17. The lowest BCUT2D eigenvalue weighted by molar-refractivity contribution is 0.430. The highest BCUT2D eigenvalue weighted by Gasteiger charge is 2.12. The predicted molar refractivity (Wildman–Crippen MR) is 79.7 cm³/mol. The smallest absolute Gasteiger partial charge is 0.230 e. The molecule has 0 aromatic carbocycles. The van der Waals surface area contributed by atoms with E-state index in [0.717, 1.165) is 17.0 Å². The van der Waals surface area contributed by atoms with Gasteiger partial charge in [-0.1, -0.05) is 5.16 Å². The monoisotopic (exact) mass is 295 g/mol. The van der Waals surface area contributed by atoms with Crippen molar-refractivity contribution in [2.75, 3.05) is 5.32 Å². The molecule has 0 radical (unpaired) electrons. The van der Waals surface area contributed by atoms with Crippen LogP contribution < -0.4 is 5.32 Å². The highest BCUT2D eigenvalue weighted by molar-refractivity contribution is 5.72. The van der Waals surface area contributed by atoms with Crippen LogP contribution in [0.5, 0.6) is 0 Å². The topological polar surface area (TPSA) is 86.1 Å². The third kappa shape index (κ3) is 2.01.